The number of hydrogen-bond donors (Lipinski definition) is 6. The highest BCUT2D eigenvalue weighted by Crippen LogP contribution is 2.37. The van der Waals surface area contributed by atoms with Gasteiger partial charge in [0.1, 0.15) is 5.82 Å². The summed E-state index contributed by atoms with van der Waals surface area (Å²) in [4.78, 5) is 42.1. The number of aliphatic hydroxyl groups is 1. The molecule has 1 aliphatic rings. The van der Waals surface area contributed by atoms with Crippen LogP contribution in [0.1, 0.15) is 81.8 Å². The number of aryl methyl sites for hydroxylation is 1. The van der Waals surface area contributed by atoms with E-state index in [1.807, 2.05) is 51.1 Å². The molecule has 10 heteroatoms. The molecule has 5 rings (SSSR count). The Hall–Kier alpha value is -4.80. The summed E-state index contributed by atoms with van der Waals surface area (Å²) in [6.07, 6.45) is 0.0712. The lowest BCUT2D eigenvalue weighted by atomic mass is 9.93. The van der Waals surface area contributed by atoms with E-state index >= 15 is 0 Å². The van der Waals surface area contributed by atoms with Gasteiger partial charge in [0.15, 0.2) is 0 Å². The maximum atomic E-state index is 13.3. The SMILES string of the molecule is CN.Cc1[nH]c(CC2C(=O)Nc3ccc(C(=O)NC(C)c4ccc(F)cc4)cc32)c(C)c1NC(=O)CCC(O)c1ccccc1. The summed E-state index contributed by atoms with van der Waals surface area (Å²) in [5.74, 6) is -1.55. The van der Waals surface area contributed by atoms with Crippen molar-refractivity contribution in [1.29, 1.82) is 0 Å². The number of halogens is 1. The normalized spacial score (nSPS) is 14.8. The maximum Gasteiger partial charge on any atom is 0.251 e. The van der Waals surface area contributed by atoms with Gasteiger partial charge in [0.2, 0.25) is 11.8 Å². The monoisotopic (exact) mass is 613 g/mol. The molecule has 9 nitrogen and oxygen atoms in total. The second-order valence-corrected chi connectivity index (χ2v) is 11.0. The van der Waals surface area contributed by atoms with E-state index in [0.29, 0.717) is 29.8 Å². The van der Waals surface area contributed by atoms with Crippen LogP contribution in [0.5, 0.6) is 0 Å². The molecule has 2 heterocycles. The summed E-state index contributed by atoms with van der Waals surface area (Å²) in [5, 5.41) is 19.2. The number of H-pyrrole nitrogens is 1. The molecule has 0 saturated carbocycles. The first-order valence-electron chi connectivity index (χ1n) is 14.9. The van der Waals surface area contributed by atoms with Crippen LogP contribution < -0.4 is 21.7 Å². The van der Waals surface area contributed by atoms with Gasteiger partial charge in [-0.2, -0.15) is 0 Å². The molecule has 45 heavy (non-hydrogen) atoms. The lowest BCUT2D eigenvalue weighted by Gasteiger charge is -2.15. The fourth-order valence-corrected chi connectivity index (χ4v) is 5.51. The number of anilines is 2. The molecule has 3 amide bonds. The minimum Gasteiger partial charge on any atom is -0.388 e. The Morgan fingerprint density at radius 2 is 1.69 bits per heavy atom. The van der Waals surface area contributed by atoms with Crippen molar-refractivity contribution in [2.75, 3.05) is 17.7 Å². The standard InChI is InChI=1S/C34H35FN4O4.CH5N/c1-19-29(36-21(3)32(19)39-31(41)16-15-30(40)23-7-5-4-6-8-23)18-27-26-17-24(11-14-28(26)38-34(27)43)33(42)37-20(2)22-9-12-25(35)13-10-22;1-2/h4-14,17,20,27,30,36,40H,15-16,18H2,1-3H3,(H,37,42)(H,38,43)(H,39,41);2H2,1H3. The van der Waals surface area contributed by atoms with Gasteiger partial charge in [0, 0.05) is 35.5 Å². The molecular weight excluding hydrogens is 573 g/mol. The molecule has 0 spiro atoms. The third-order valence-corrected chi connectivity index (χ3v) is 8.02. The summed E-state index contributed by atoms with van der Waals surface area (Å²) >= 11 is 0. The van der Waals surface area contributed by atoms with Crippen LogP contribution in [-0.2, 0) is 16.0 Å². The summed E-state index contributed by atoms with van der Waals surface area (Å²) in [6, 6.07) is 20.0. The van der Waals surface area contributed by atoms with Crippen molar-refractivity contribution in [3.05, 3.63) is 118 Å². The number of hydrogen-bond acceptors (Lipinski definition) is 5. The fourth-order valence-electron chi connectivity index (χ4n) is 5.51. The average molecular weight is 614 g/mol. The lowest BCUT2D eigenvalue weighted by Crippen LogP contribution is -2.26. The topological polar surface area (TPSA) is 149 Å². The van der Waals surface area contributed by atoms with E-state index in [1.165, 1.54) is 19.2 Å². The molecule has 7 N–H and O–H groups in total. The zero-order chi connectivity index (χ0) is 32.7. The van der Waals surface area contributed by atoms with E-state index in [1.54, 1.807) is 30.3 Å². The molecule has 4 aromatic rings. The highest BCUT2D eigenvalue weighted by atomic mass is 19.1. The molecule has 0 aliphatic carbocycles. The van der Waals surface area contributed by atoms with Crippen molar-refractivity contribution in [3.8, 4) is 0 Å². The summed E-state index contributed by atoms with van der Waals surface area (Å²) in [6.45, 7) is 5.57. The van der Waals surface area contributed by atoms with Gasteiger partial charge in [-0.05, 0) is 86.8 Å². The van der Waals surface area contributed by atoms with Gasteiger partial charge in [0.05, 0.1) is 23.8 Å². The Kier molecular flexibility index (Phi) is 10.9. The summed E-state index contributed by atoms with van der Waals surface area (Å²) in [5.41, 5.74) is 10.9. The quantitative estimate of drug-likeness (QED) is 0.138. The first kappa shape index (κ1) is 33.1. The molecule has 0 saturated heterocycles. The molecule has 236 valence electrons. The Bertz CT molecular complexity index is 1650. The van der Waals surface area contributed by atoms with Crippen molar-refractivity contribution < 1.29 is 23.9 Å². The van der Waals surface area contributed by atoms with Crippen molar-refractivity contribution in [3.63, 3.8) is 0 Å². The van der Waals surface area contributed by atoms with Gasteiger partial charge in [-0.3, -0.25) is 14.4 Å². The second kappa shape index (κ2) is 14.8. The van der Waals surface area contributed by atoms with Crippen LogP contribution in [0.25, 0.3) is 0 Å². The van der Waals surface area contributed by atoms with Crippen molar-refractivity contribution >= 4 is 29.1 Å². The minimum atomic E-state index is -0.727. The number of nitrogens with one attached hydrogen (secondary N) is 4. The number of nitrogens with two attached hydrogens (primary N) is 1. The van der Waals surface area contributed by atoms with E-state index in [0.717, 1.165) is 33.6 Å². The van der Waals surface area contributed by atoms with Crippen molar-refractivity contribution in [2.45, 2.75) is 58.1 Å². The van der Waals surface area contributed by atoms with E-state index in [2.05, 4.69) is 26.7 Å². The molecule has 3 atom stereocenters. The Morgan fingerprint density at radius 3 is 2.38 bits per heavy atom. The predicted molar refractivity (Wildman–Crippen MR) is 173 cm³/mol. The van der Waals surface area contributed by atoms with Crippen LogP contribution in [0, 0.1) is 19.7 Å². The van der Waals surface area contributed by atoms with E-state index in [4.69, 9.17) is 0 Å². The number of rotatable bonds is 10. The first-order valence-corrected chi connectivity index (χ1v) is 14.9. The second-order valence-electron chi connectivity index (χ2n) is 11.0. The summed E-state index contributed by atoms with van der Waals surface area (Å²) in [7, 11) is 1.50. The molecule has 0 fully saturated rings. The molecule has 3 aromatic carbocycles. The maximum absolute atomic E-state index is 13.3. The predicted octanol–water partition coefficient (Wildman–Crippen LogP) is 5.57. The highest BCUT2D eigenvalue weighted by Gasteiger charge is 2.33. The number of benzene rings is 3. The third-order valence-electron chi connectivity index (χ3n) is 8.02. The molecule has 3 unspecified atom stereocenters. The van der Waals surface area contributed by atoms with E-state index < -0.39 is 12.0 Å². The number of aromatic amines is 1. The molecular formula is C35H40FN5O4. The summed E-state index contributed by atoms with van der Waals surface area (Å²) < 4.78 is 13.3. The Balaban J connectivity index is 0.00000226. The van der Waals surface area contributed by atoms with Gasteiger partial charge in [-0.15, -0.1) is 0 Å². The van der Waals surface area contributed by atoms with Crippen LogP contribution in [0.15, 0.2) is 72.8 Å². The molecule has 1 aliphatic heterocycles. The van der Waals surface area contributed by atoms with Crippen LogP contribution >= 0.6 is 0 Å². The van der Waals surface area contributed by atoms with Gasteiger partial charge >= 0.3 is 0 Å². The third kappa shape index (κ3) is 7.84. The number of aromatic nitrogens is 1. The molecule has 0 bridgehead atoms. The molecule has 1 aromatic heterocycles. The highest BCUT2D eigenvalue weighted by molar-refractivity contribution is 6.05. The number of aliphatic hydroxyl groups excluding tert-OH is 1. The number of fused-ring (bicyclic) bond motifs is 1. The van der Waals surface area contributed by atoms with Crippen molar-refractivity contribution in [1.82, 2.24) is 10.3 Å². The number of carbonyl (C=O) groups excluding carboxylic acids is 3. The molecule has 0 radical (unpaired) electrons. The van der Waals surface area contributed by atoms with Gasteiger partial charge < -0.3 is 31.8 Å². The number of amides is 3. The van der Waals surface area contributed by atoms with Crippen molar-refractivity contribution in [2.24, 2.45) is 5.73 Å². The number of carbonyl (C=O) groups is 3. The smallest absolute Gasteiger partial charge is 0.251 e. The van der Waals surface area contributed by atoms with Gasteiger partial charge in [-0.1, -0.05) is 42.5 Å². The Morgan fingerprint density at radius 1 is 1.00 bits per heavy atom. The Labute approximate surface area is 262 Å². The zero-order valence-electron chi connectivity index (χ0n) is 25.9. The van der Waals surface area contributed by atoms with E-state index in [-0.39, 0.29) is 36.0 Å². The lowest BCUT2D eigenvalue weighted by molar-refractivity contribution is -0.117. The average Bonchev–Trinajstić information content (AvgIpc) is 3.50. The van der Waals surface area contributed by atoms with Crippen LogP contribution in [-0.4, -0.2) is 34.9 Å². The first-order chi connectivity index (χ1) is 21.6. The minimum absolute atomic E-state index is 0.151. The zero-order valence-corrected chi connectivity index (χ0v) is 25.9. The van der Waals surface area contributed by atoms with Gasteiger partial charge in [0.25, 0.3) is 5.91 Å². The fraction of sp³-hybridized carbons (Fsp3) is 0.286. The van der Waals surface area contributed by atoms with Crippen LogP contribution in [0.4, 0.5) is 15.8 Å². The van der Waals surface area contributed by atoms with Crippen LogP contribution in [0.3, 0.4) is 0 Å². The van der Waals surface area contributed by atoms with Gasteiger partial charge in [-0.25, -0.2) is 4.39 Å². The van der Waals surface area contributed by atoms with Crippen LogP contribution in [0.2, 0.25) is 0 Å². The van der Waals surface area contributed by atoms with E-state index in [9.17, 15) is 23.9 Å². The largest absolute Gasteiger partial charge is 0.388 e.